The second-order valence-electron chi connectivity index (χ2n) is 6.23. The lowest BCUT2D eigenvalue weighted by Crippen LogP contribution is -2.27. The van der Waals surface area contributed by atoms with Crippen molar-refractivity contribution in [1.29, 1.82) is 0 Å². The third-order valence-corrected chi connectivity index (χ3v) is 4.43. The minimum atomic E-state index is 0. The molecular weight excluding hydrogens is 371 g/mol. The molecule has 1 aliphatic heterocycles. The number of fused-ring (bicyclic) bond motifs is 1. The number of nitrogens with one attached hydrogen (secondary N) is 3. The number of carbonyl (C=O) groups excluding carboxylic acids is 1. The molecule has 1 fully saturated rings. The summed E-state index contributed by atoms with van der Waals surface area (Å²) in [6, 6.07) is 16.1. The van der Waals surface area contributed by atoms with Crippen LogP contribution in [0.4, 0.5) is 5.69 Å². The Morgan fingerprint density at radius 1 is 1.12 bits per heavy atom. The number of carbonyl (C=O) groups is 1. The predicted molar refractivity (Wildman–Crippen MR) is 110 cm³/mol. The third kappa shape index (κ3) is 4.55. The van der Waals surface area contributed by atoms with E-state index in [2.05, 4.69) is 20.6 Å². The molecule has 2 aromatic carbocycles. The van der Waals surface area contributed by atoms with E-state index in [1.807, 2.05) is 48.5 Å². The van der Waals surface area contributed by atoms with E-state index >= 15 is 0 Å². The number of rotatable bonds is 4. The topological polar surface area (TPSA) is 69.8 Å². The number of H-pyrrole nitrogens is 1. The van der Waals surface area contributed by atoms with Gasteiger partial charge in [-0.15, -0.1) is 24.8 Å². The molecular formula is C19H22Cl2N4O. The summed E-state index contributed by atoms with van der Waals surface area (Å²) in [6.07, 6.45) is 2.77. The van der Waals surface area contributed by atoms with Gasteiger partial charge in [0.15, 0.2) is 0 Å². The summed E-state index contributed by atoms with van der Waals surface area (Å²) < 4.78 is 0. The van der Waals surface area contributed by atoms with Crippen molar-refractivity contribution in [2.24, 2.45) is 0 Å². The number of anilines is 1. The molecule has 3 aromatic rings. The summed E-state index contributed by atoms with van der Waals surface area (Å²) >= 11 is 0. The summed E-state index contributed by atoms with van der Waals surface area (Å²) in [7, 11) is 0. The molecule has 0 aliphatic carbocycles. The smallest absolute Gasteiger partial charge is 0.225 e. The van der Waals surface area contributed by atoms with Gasteiger partial charge >= 0.3 is 0 Å². The highest BCUT2D eigenvalue weighted by molar-refractivity contribution is 5.91. The van der Waals surface area contributed by atoms with E-state index in [1.165, 1.54) is 0 Å². The second-order valence-corrected chi connectivity index (χ2v) is 6.23. The average Bonchev–Trinajstić information content (AvgIpc) is 3.24. The number of para-hydroxylation sites is 2. The highest BCUT2D eigenvalue weighted by Gasteiger charge is 2.17. The summed E-state index contributed by atoms with van der Waals surface area (Å²) in [5.74, 6) is 0.898. The first-order valence-electron chi connectivity index (χ1n) is 8.36. The van der Waals surface area contributed by atoms with Crippen molar-refractivity contribution < 1.29 is 4.79 Å². The van der Waals surface area contributed by atoms with Gasteiger partial charge in [0.25, 0.3) is 0 Å². The molecule has 0 bridgehead atoms. The highest BCUT2D eigenvalue weighted by atomic mass is 35.5. The first-order chi connectivity index (χ1) is 11.8. The maximum Gasteiger partial charge on any atom is 0.225 e. The number of benzene rings is 2. The van der Waals surface area contributed by atoms with Crippen molar-refractivity contribution in [2.75, 3.05) is 11.9 Å². The Hall–Kier alpha value is -2.08. The van der Waals surface area contributed by atoms with Gasteiger partial charge in [0.1, 0.15) is 5.82 Å². The molecule has 2 heterocycles. The number of hydrogen-bond acceptors (Lipinski definition) is 3. The van der Waals surface area contributed by atoms with Crippen LogP contribution >= 0.6 is 24.8 Å². The van der Waals surface area contributed by atoms with Crippen LogP contribution in [0.5, 0.6) is 0 Å². The van der Waals surface area contributed by atoms with Gasteiger partial charge in [0.05, 0.1) is 11.0 Å². The normalized spacial score (nSPS) is 15.9. The number of amides is 1. The number of imidazole rings is 1. The second kappa shape index (κ2) is 9.03. The number of aromatic nitrogens is 2. The van der Waals surface area contributed by atoms with Crippen LogP contribution < -0.4 is 10.6 Å². The summed E-state index contributed by atoms with van der Waals surface area (Å²) in [5.41, 5.74) is 3.79. The molecule has 5 nitrogen and oxygen atoms in total. The quantitative estimate of drug-likeness (QED) is 0.624. The molecule has 1 saturated heterocycles. The van der Waals surface area contributed by atoms with Crippen LogP contribution in [0.25, 0.3) is 22.4 Å². The Labute approximate surface area is 164 Å². The summed E-state index contributed by atoms with van der Waals surface area (Å²) in [6.45, 7) is 1.02. The minimum absolute atomic E-state index is 0. The number of aromatic amines is 1. The summed E-state index contributed by atoms with van der Waals surface area (Å²) in [5, 5.41) is 6.31. The number of nitrogens with zero attached hydrogens (tertiary/aromatic N) is 1. The highest BCUT2D eigenvalue weighted by Crippen LogP contribution is 2.22. The number of hydrogen-bond donors (Lipinski definition) is 3. The lowest BCUT2D eigenvalue weighted by Gasteiger charge is -2.10. The zero-order valence-corrected chi connectivity index (χ0v) is 15.8. The predicted octanol–water partition coefficient (Wildman–Crippen LogP) is 4.15. The Balaban J connectivity index is 0.00000121. The van der Waals surface area contributed by atoms with Crippen LogP contribution in [0.2, 0.25) is 0 Å². The van der Waals surface area contributed by atoms with E-state index in [4.69, 9.17) is 0 Å². The third-order valence-electron chi connectivity index (χ3n) is 4.43. The lowest BCUT2D eigenvalue weighted by molar-refractivity contribution is -0.116. The molecule has 1 unspecified atom stereocenters. The molecule has 26 heavy (non-hydrogen) atoms. The fourth-order valence-corrected chi connectivity index (χ4v) is 3.17. The summed E-state index contributed by atoms with van der Waals surface area (Å²) in [4.78, 5) is 20.0. The Morgan fingerprint density at radius 3 is 2.58 bits per heavy atom. The van der Waals surface area contributed by atoms with Crippen molar-refractivity contribution in [3.8, 4) is 11.4 Å². The van der Waals surface area contributed by atoms with E-state index in [1.54, 1.807) is 0 Å². The lowest BCUT2D eigenvalue weighted by atomic mass is 10.1. The largest absolute Gasteiger partial charge is 0.338 e. The Bertz CT molecular complexity index is 824. The molecule has 0 saturated carbocycles. The van der Waals surface area contributed by atoms with Gasteiger partial charge in [-0.1, -0.05) is 12.1 Å². The SMILES string of the molecule is Cl.Cl.O=C(CC1CCCN1)Nc1ccc(-c2nc3ccccc3[nH]2)cc1. The van der Waals surface area contributed by atoms with Crippen LogP contribution in [0, 0.1) is 0 Å². The van der Waals surface area contributed by atoms with Crippen LogP contribution in [0.15, 0.2) is 48.5 Å². The van der Waals surface area contributed by atoms with Gasteiger partial charge in [-0.2, -0.15) is 0 Å². The molecule has 4 rings (SSSR count). The molecule has 138 valence electrons. The van der Waals surface area contributed by atoms with Crippen LogP contribution in [0.3, 0.4) is 0 Å². The molecule has 0 spiro atoms. The molecule has 7 heteroatoms. The van der Waals surface area contributed by atoms with E-state index in [0.717, 1.165) is 47.5 Å². The van der Waals surface area contributed by atoms with Crippen molar-refractivity contribution in [3.63, 3.8) is 0 Å². The van der Waals surface area contributed by atoms with Crippen molar-refractivity contribution in [3.05, 3.63) is 48.5 Å². The van der Waals surface area contributed by atoms with E-state index < -0.39 is 0 Å². The van der Waals surface area contributed by atoms with Crippen LogP contribution in [-0.2, 0) is 4.79 Å². The Kier molecular flexibility index (Phi) is 7.03. The number of halogens is 2. The fourth-order valence-electron chi connectivity index (χ4n) is 3.17. The maximum absolute atomic E-state index is 12.1. The standard InChI is InChI=1S/C19H20N4O.2ClH/c24-18(12-15-4-3-11-20-15)21-14-9-7-13(8-10-14)19-22-16-5-1-2-6-17(16)23-19;;/h1-2,5-10,15,20H,3-4,11-12H2,(H,21,24)(H,22,23);2*1H. The Morgan fingerprint density at radius 2 is 1.88 bits per heavy atom. The van der Waals surface area contributed by atoms with Crippen LogP contribution in [0.1, 0.15) is 19.3 Å². The van der Waals surface area contributed by atoms with E-state index in [-0.39, 0.29) is 30.7 Å². The van der Waals surface area contributed by atoms with Gasteiger partial charge < -0.3 is 15.6 Å². The van der Waals surface area contributed by atoms with Gasteiger partial charge in [-0.05, 0) is 55.8 Å². The van der Waals surface area contributed by atoms with Crippen molar-refractivity contribution >= 4 is 47.4 Å². The molecule has 1 aliphatic rings. The first kappa shape index (κ1) is 20.2. The minimum Gasteiger partial charge on any atom is -0.338 e. The average molecular weight is 393 g/mol. The zero-order valence-electron chi connectivity index (χ0n) is 14.2. The van der Waals surface area contributed by atoms with Crippen LogP contribution in [-0.4, -0.2) is 28.5 Å². The van der Waals surface area contributed by atoms with E-state index in [9.17, 15) is 4.79 Å². The maximum atomic E-state index is 12.1. The van der Waals surface area contributed by atoms with Gasteiger partial charge in [-0.25, -0.2) is 4.98 Å². The molecule has 1 aromatic heterocycles. The monoisotopic (exact) mass is 392 g/mol. The fraction of sp³-hybridized carbons (Fsp3) is 0.263. The molecule has 0 radical (unpaired) electrons. The van der Waals surface area contributed by atoms with Crippen molar-refractivity contribution in [2.45, 2.75) is 25.3 Å². The van der Waals surface area contributed by atoms with Gasteiger partial charge in [0, 0.05) is 23.7 Å². The van der Waals surface area contributed by atoms with E-state index in [0.29, 0.717) is 12.5 Å². The molecule has 1 amide bonds. The molecule has 3 N–H and O–H groups in total. The van der Waals surface area contributed by atoms with Crippen molar-refractivity contribution in [1.82, 2.24) is 15.3 Å². The van der Waals surface area contributed by atoms with Gasteiger partial charge in [-0.3, -0.25) is 4.79 Å². The molecule has 1 atom stereocenters. The first-order valence-corrected chi connectivity index (χ1v) is 8.36. The van der Waals surface area contributed by atoms with Gasteiger partial charge in [0.2, 0.25) is 5.91 Å². The zero-order chi connectivity index (χ0) is 16.4.